The Balaban J connectivity index is 2.96. The first-order valence-corrected chi connectivity index (χ1v) is 7.13. The molecular weight excluding hydrogens is 303 g/mol. The van der Waals surface area contributed by atoms with Crippen molar-refractivity contribution in [2.75, 3.05) is 18.5 Å². The number of hydrogen-bond donors (Lipinski definition) is 2. The Kier molecular flexibility index (Phi) is 6.05. The summed E-state index contributed by atoms with van der Waals surface area (Å²) in [5.74, 6) is 0. The zero-order chi connectivity index (χ0) is 15.3. The van der Waals surface area contributed by atoms with Crippen LogP contribution in [0.15, 0.2) is 12.1 Å². The summed E-state index contributed by atoms with van der Waals surface area (Å²) in [4.78, 5) is 10.2. The molecule has 0 aliphatic carbocycles. The first-order valence-electron chi connectivity index (χ1n) is 6.37. The largest absolute Gasteiger partial charge is 0.396 e. The van der Waals surface area contributed by atoms with Crippen molar-refractivity contribution >= 4 is 34.6 Å². The summed E-state index contributed by atoms with van der Waals surface area (Å²) < 4.78 is 0. The highest BCUT2D eigenvalue weighted by molar-refractivity contribution is 6.39. The van der Waals surface area contributed by atoms with Gasteiger partial charge in [-0.15, -0.1) is 0 Å². The summed E-state index contributed by atoms with van der Waals surface area (Å²) in [5, 5.41) is 23.7. The maximum absolute atomic E-state index is 10.7. The van der Waals surface area contributed by atoms with Crippen molar-refractivity contribution in [1.82, 2.24) is 0 Å². The molecule has 5 nitrogen and oxygen atoms in total. The van der Waals surface area contributed by atoms with Gasteiger partial charge in [-0.05, 0) is 12.8 Å². The van der Waals surface area contributed by atoms with Crippen LogP contribution in [0.2, 0.25) is 10.0 Å². The number of nitrogens with zero attached hydrogens (tertiary/aromatic N) is 1. The fourth-order valence-corrected chi connectivity index (χ4v) is 2.50. The van der Waals surface area contributed by atoms with E-state index in [9.17, 15) is 15.2 Å². The van der Waals surface area contributed by atoms with Crippen LogP contribution in [-0.4, -0.2) is 23.2 Å². The zero-order valence-corrected chi connectivity index (χ0v) is 13.0. The summed E-state index contributed by atoms with van der Waals surface area (Å²) in [5.41, 5.74) is 0.0534. The lowest BCUT2D eigenvalue weighted by atomic mass is 9.83. The molecule has 0 atom stereocenters. The van der Waals surface area contributed by atoms with Crippen molar-refractivity contribution < 1.29 is 10.0 Å². The minimum atomic E-state index is -0.544. The van der Waals surface area contributed by atoms with Crippen LogP contribution < -0.4 is 5.32 Å². The number of non-ortho nitro benzene ring substituents is 1. The van der Waals surface area contributed by atoms with Gasteiger partial charge in [0.15, 0.2) is 0 Å². The van der Waals surface area contributed by atoms with E-state index in [2.05, 4.69) is 5.32 Å². The molecule has 0 radical (unpaired) electrons. The topological polar surface area (TPSA) is 75.4 Å². The first-order chi connectivity index (χ1) is 9.39. The van der Waals surface area contributed by atoms with Crippen LogP contribution in [0.3, 0.4) is 0 Å². The van der Waals surface area contributed by atoms with Crippen molar-refractivity contribution in [3.8, 4) is 0 Å². The number of nitrogens with one attached hydrogen (secondary N) is 1. The second-order valence-electron chi connectivity index (χ2n) is 4.76. The predicted molar refractivity (Wildman–Crippen MR) is 81.7 cm³/mol. The fraction of sp³-hybridized carbons (Fsp3) is 0.538. The van der Waals surface area contributed by atoms with Gasteiger partial charge in [0, 0.05) is 24.1 Å². The molecule has 20 heavy (non-hydrogen) atoms. The fourth-order valence-electron chi connectivity index (χ4n) is 1.89. The van der Waals surface area contributed by atoms with Crippen molar-refractivity contribution in [2.24, 2.45) is 5.41 Å². The number of halogens is 2. The molecule has 0 unspecified atom stereocenters. The Hall–Kier alpha value is -1.04. The van der Waals surface area contributed by atoms with Gasteiger partial charge in [-0.3, -0.25) is 10.1 Å². The molecule has 0 aliphatic heterocycles. The van der Waals surface area contributed by atoms with Crippen LogP contribution in [0, 0.1) is 15.5 Å². The van der Waals surface area contributed by atoms with Gasteiger partial charge >= 0.3 is 0 Å². The van der Waals surface area contributed by atoms with E-state index in [0.29, 0.717) is 12.2 Å². The number of benzene rings is 1. The quantitative estimate of drug-likeness (QED) is 0.585. The van der Waals surface area contributed by atoms with E-state index in [1.165, 1.54) is 12.1 Å². The Bertz CT molecular complexity index is 459. The molecule has 0 saturated carbocycles. The number of nitro benzene ring substituents is 1. The molecule has 2 N–H and O–H groups in total. The van der Waals surface area contributed by atoms with Gasteiger partial charge in [0.05, 0.1) is 27.3 Å². The number of anilines is 1. The van der Waals surface area contributed by atoms with E-state index in [4.69, 9.17) is 23.2 Å². The Morgan fingerprint density at radius 1 is 1.30 bits per heavy atom. The molecule has 0 amide bonds. The second kappa shape index (κ2) is 7.11. The van der Waals surface area contributed by atoms with E-state index in [-0.39, 0.29) is 27.8 Å². The smallest absolute Gasteiger partial charge is 0.272 e. The molecule has 0 saturated heterocycles. The average Bonchev–Trinajstić information content (AvgIpc) is 2.42. The molecule has 0 aromatic heterocycles. The monoisotopic (exact) mass is 320 g/mol. The molecule has 1 aromatic carbocycles. The summed E-state index contributed by atoms with van der Waals surface area (Å²) in [6.45, 7) is 4.55. The first kappa shape index (κ1) is 17.0. The number of aliphatic hydroxyl groups excluding tert-OH is 1. The molecule has 0 heterocycles. The van der Waals surface area contributed by atoms with Crippen LogP contribution in [0.5, 0.6) is 0 Å². The Morgan fingerprint density at radius 2 is 1.80 bits per heavy atom. The number of nitro groups is 1. The van der Waals surface area contributed by atoms with Gasteiger partial charge in [0.2, 0.25) is 0 Å². The van der Waals surface area contributed by atoms with Crippen molar-refractivity contribution in [3.63, 3.8) is 0 Å². The highest BCUT2D eigenvalue weighted by atomic mass is 35.5. The highest BCUT2D eigenvalue weighted by Gasteiger charge is 2.26. The summed E-state index contributed by atoms with van der Waals surface area (Å²) in [6.07, 6.45) is 1.60. The van der Waals surface area contributed by atoms with Crippen LogP contribution in [-0.2, 0) is 0 Å². The third-order valence-electron chi connectivity index (χ3n) is 3.71. The lowest BCUT2D eigenvalue weighted by Crippen LogP contribution is -2.32. The van der Waals surface area contributed by atoms with Crippen LogP contribution in [0.25, 0.3) is 0 Å². The molecule has 0 aliphatic rings. The van der Waals surface area contributed by atoms with Gasteiger partial charge in [-0.1, -0.05) is 37.0 Å². The summed E-state index contributed by atoms with van der Waals surface area (Å²) >= 11 is 12.0. The average molecular weight is 321 g/mol. The van der Waals surface area contributed by atoms with Gasteiger partial charge in [0.1, 0.15) is 0 Å². The highest BCUT2D eigenvalue weighted by Crippen LogP contribution is 2.36. The third kappa shape index (κ3) is 3.75. The van der Waals surface area contributed by atoms with E-state index in [0.717, 1.165) is 12.8 Å². The van der Waals surface area contributed by atoms with Crippen LogP contribution in [0.4, 0.5) is 11.4 Å². The van der Waals surface area contributed by atoms with E-state index >= 15 is 0 Å². The Morgan fingerprint density at radius 3 is 2.15 bits per heavy atom. The minimum Gasteiger partial charge on any atom is -0.396 e. The lowest BCUT2D eigenvalue weighted by Gasteiger charge is -2.30. The van der Waals surface area contributed by atoms with Gasteiger partial charge in [-0.2, -0.15) is 0 Å². The maximum atomic E-state index is 10.7. The van der Waals surface area contributed by atoms with Crippen molar-refractivity contribution in [1.29, 1.82) is 0 Å². The van der Waals surface area contributed by atoms with Gasteiger partial charge in [-0.25, -0.2) is 0 Å². The van der Waals surface area contributed by atoms with Gasteiger partial charge < -0.3 is 10.4 Å². The van der Waals surface area contributed by atoms with Crippen LogP contribution in [0.1, 0.15) is 26.7 Å². The summed E-state index contributed by atoms with van der Waals surface area (Å²) in [6, 6.07) is 2.52. The molecule has 1 aromatic rings. The minimum absolute atomic E-state index is 0.0508. The predicted octanol–water partition coefficient (Wildman–Crippen LogP) is 4.11. The third-order valence-corrected chi connectivity index (χ3v) is 4.31. The molecule has 0 spiro atoms. The Labute approximate surface area is 128 Å². The van der Waals surface area contributed by atoms with E-state index in [1.807, 2.05) is 13.8 Å². The summed E-state index contributed by atoms with van der Waals surface area (Å²) in [7, 11) is 0. The standard InChI is InChI=1S/C13H18Cl2N2O3/c1-3-13(4-2,8-18)7-16-12-10(14)5-9(17(19)20)6-11(12)15/h5-6,16,18H,3-4,7-8H2,1-2H3. The molecular formula is C13H18Cl2N2O3. The molecule has 112 valence electrons. The normalized spacial score (nSPS) is 11.4. The number of rotatable bonds is 7. The molecule has 7 heteroatoms. The number of hydrogen-bond acceptors (Lipinski definition) is 4. The van der Waals surface area contributed by atoms with Crippen molar-refractivity contribution in [3.05, 3.63) is 32.3 Å². The van der Waals surface area contributed by atoms with E-state index in [1.54, 1.807) is 0 Å². The maximum Gasteiger partial charge on any atom is 0.272 e. The van der Waals surface area contributed by atoms with Gasteiger partial charge in [0.25, 0.3) is 5.69 Å². The molecule has 1 rings (SSSR count). The second-order valence-corrected chi connectivity index (χ2v) is 5.57. The molecule has 0 bridgehead atoms. The van der Waals surface area contributed by atoms with Crippen LogP contribution >= 0.6 is 23.2 Å². The van der Waals surface area contributed by atoms with E-state index < -0.39 is 4.92 Å². The van der Waals surface area contributed by atoms with Crippen molar-refractivity contribution in [2.45, 2.75) is 26.7 Å². The zero-order valence-electron chi connectivity index (χ0n) is 11.4. The number of aliphatic hydroxyl groups is 1. The lowest BCUT2D eigenvalue weighted by molar-refractivity contribution is -0.384. The SMILES string of the molecule is CCC(CC)(CO)CNc1c(Cl)cc([N+](=O)[O-])cc1Cl. The molecule has 0 fully saturated rings.